The zero-order valence-electron chi connectivity index (χ0n) is 25.9. The van der Waals surface area contributed by atoms with Crippen molar-refractivity contribution in [3.63, 3.8) is 0 Å². The smallest absolute Gasteiger partial charge is 0.411 e. The highest BCUT2D eigenvalue weighted by atomic mass is 19.4. The van der Waals surface area contributed by atoms with Gasteiger partial charge in [0.1, 0.15) is 5.75 Å². The molecule has 48 heavy (non-hydrogen) atoms. The zero-order chi connectivity index (χ0) is 34.9. The zero-order valence-corrected chi connectivity index (χ0v) is 25.9. The number of halogens is 3. The number of rotatable bonds is 16. The van der Waals surface area contributed by atoms with Gasteiger partial charge in [0.25, 0.3) is 0 Å². The van der Waals surface area contributed by atoms with Crippen LogP contribution in [0.1, 0.15) is 64.8 Å². The summed E-state index contributed by atoms with van der Waals surface area (Å²) in [5.41, 5.74) is 13.6. The molecule has 0 saturated carbocycles. The van der Waals surface area contributed by atoms with Gasteiger partial charge in [-0.15, -0.1) is 0 Å². The van der Waals surface area contributed by atoms with Gasteiger partial charge in [-0.3, -0.25) is 5.32 Å². The highest BCUT2D eigenvalue weighted by Crippen LogP contribution is 2.21. The molecule has 0 saturated heterocycles. The van der Waals surface area contributed by atoms with Crippen molar-refractivity contribution >= 4 is 47.1 Å². The van der Waals surface area contributed by atoms with Crippen LogP contribution in [0, 0.1) is 0 Å². The molecule has 1 amide bonds. The molecule has 0 aliphatic carbocycles. The quantitative estimate of drug-likeness (QED) is 0.0362. The maximum atomic E-state index is 12.5. The van der Waals surface area contributed by atoms with E-state index < -0.39 is 36.6 Å². The van der Waals surface area contributed by atoms with Crippen LogP contribution in [0.15, 0.2) is 72.8 Å². The summed E-state index contributed by atoms with van der Waals surface area (Å²) in [5.74, 6) is -1.40. The number of benzene rings is 3. The molecular formula is C34H36F3N3O8. The Balaban J connectivity index is 1.28. The Morgan fingerprint density at radius 3 is 1.92 bits per heavy atom. The molecular weight excluding hydrogens is 635 g/mol. The molecule has 0 heterocycles. The summed E-state index contributed by atoms with van der Waals surface area (Å²) in [6, 6.07) is 16.6. The van der Waals surface area contributed by atoms with E-state index >= 15 is 0 Å². The van der Waals surface area contributed by atoms with E-state index in [4.69, 9.17) is 30.4 Å². The second-order valence-electron chi connectivity index (χ2n) is 10.5. The molecule has 0 aliphatic rings. The van der Waals surface area contributed by atoms with Crippen molar-refractivity contribution in [2.45, 2.75) is 44.7 Å². The summed E-state index contributed by atoms with van der Waals surface area (Å²) in [6.45, 7) is 0.109. The predicted octanol–water partition coefficient (Wildman–Crippen LogP) is 6.94. The van der Waals surface area contributed by atoms with Crippen molar-refractivity contribution in [2.24, 2.45) is 0 Å². The molecule has 3 rings (SSSR count). The fourth-order valence-electron chi connectivity index (χ4n) is 4.08. The second kappa shape index (κ2) is 18.6. The molecule has 14 heteroatoms. The monoisotopic (exact) mass is 671 g/mol. The van der Waals surface area contributed by atoms with Crippen molar-refractivity contribution in [3.8, 4) is 5.75 Å². The summed E-state index contributed by atoms with van der Waals surface area (Å²) < 4.78 is 56.9. The van der Waals surface area contributed by atoms with Gasteiger partial charge < -0.3 is 30.4 Å². The molecule has 0 aromatic heterocycles. The fraction of sp³-hybridized carbons (Fsp3) is 0.294. The third-order valence-electron chi connectivity index (χ3n) is 6.44. The largest absolute Gasteiger partial charge is 0.463 e. The van der Waals surface area contributed by atoms with Gasteiger partial charge in [-0.2, -0.15) is 13.2 Å². The van der Waals surface area contributed by atoms with E-state index in [9.17, 15) is 32.3 Å². The number of hydrogen-bond acceptors (Lipinski definition) is 10. The van der Waals surface area contributed by atoms with Gasteiger partial charge >= 0.3 is 30.2 Å². The number of amides is 1. The maximum Gasteiger partial charge on any atom is 0.411 e. The van der Waals surface area contributed by atoms with Crippen LogP contribution in [0.25, 0.3) is 6.08 Å². The lowest BCUT2D eigenvalue weighted by molar-refractivity contribution is -0.138. The summed E-state index contributed by atoms with van der Waals surface area (Å²) >= 11 is 0. The Hall–Kier alpha value is -5.53. The minimum Gasteiger partial charge on any atom is -0.463 e. The number of ether oxygens (including phenoxy) is 4. The first-order valence-corrected chi connectivity index (χ1v) is 15.0. The van der Waals surface area contributed by atoms with Crippen LogP contribution in [-0.2, 0) is 19.0 Å². The Morgan fingerprint density at radius 2 is 1.29 bits per heavy atom. The SMILES string of the molecule is Nc1cc(N)cc(C(=O)OCCCCCCOC(=O)/C=C/c2ccc(OC(=O)c3ccc(NC(=O)OCCCC(F)(F)F)cc3)cc2)c1. The Bertz CT molecular complexity index is 1540. The Labute approximate surface area is 275 Å². The van der Waals surface area contributed by atoms with Gasteiger partial charge in [-0.05, 0) is 98.3 Å². The van der Waals surface area contributed by atoms with Crippen molar-refractivity contribution in [1.29, 1.82) is 0 Å². The summed E-state index contributed by atoms with van der Waals surface area (Å²) in [6.07, 6.45) is -0.901. The van der Waals surface area contributed by atoms with Crippen LogP contribution in [0.2, 0.25) is 0 Å². The minimum atomic E-state index is -4.32. The van der Waals surface area contributed by atoms with E-state index in [0.717, 1.165) is 12.8 Å². The molecule has 5 N–H and O–H groups in total. The van der Waals surface area contributed by atoms with Gasteiger partial charge in [0.15, 0.2) is 0 Å². The number of carbonyl (C=O) groups excluding carboxylic acids is 4. The third kappa shape index (κ3) is 14.3. The Kier molecular flexibility index (Phi) is 14.3. The molecule has 11 nitrogen and oxygen atoms in total. The summed E-state index contributed by atoms with van der Waals surface area (Å²) in [5, 5.41) is 2.36. The molecule has 0 atom stereocenters. The first-order valence-electron chi connectivity index (χ1n) is 15.0. The molecule has 256 valence electrons. The number of nitrogens with one attached hydrogen (secondary N) is 1. The highest BCUT2D eigenvalue weighted by molar-refractivity contribution is 5.93. The van der Waals surface area contributed by atoms with Crippen molar-refractivity contribution in [1.82, 2.24) is 0 Å². The molecule has 0 radical (unpaired) electrons. The first-order chi connectivity index (χ1) is 22.9. The van der Waals surface area contributed by atoms with E-state index in [1.165, 1.54) is 42.5 Å². The molecule has 3 aromatic carbocycles. The van der Waals surface area contributed by atoms with Crippen LogP contribution >= 0.6 is 0 Å². The van der Waals surface area contributed by atoms with Crippen LogP contribution < -0.4 is 21.5 Å². The van der Waals surface area contributed by atoms with Crippen LogP contribution in [0.5, 0.6) is 5.75 Å². The summed E-state index contributed by atoms with van der Waals surface area (Å²) in [4.78, 5) is 48.3. The molecule has 0 aliphatic heterocycles. The Morgan fingerprint density at radius 1 is 0.688 bits per heavy atom. The van der Waals surface area contributed by atoms with Gasteiger partial charge in [0.05, 0.1) is 30.9 Å². The van der Waals surface area contributed by atoms with Gasteiger partial charge in [0.2, 0.25) is 0 Å². The number of alkyl halides is 3. The number of unbranched alkanes of at least 4 members (excludes halogenated alkanes) is 3. The van der Waals surface area contributed by atoms with Crippen LogP contribution in [0.4, 0.5) is 35.0 Å². The average molecular weight is 672 g/mol. The number of nitrogen functional groups attached to an aromatic ring is 2. The van der Waals surface area contributed by atoms with E-state index in [0.29, 0.717) is 35.3 Å². The van der Waals surface area contributed by atoms with E-state index in [1.54, 1.807) is 36.4 Å². The highest BCUT2D eigenvalue weighted by Gasteiger charge is 2.26. The number of nitrogens with two attached hydrogens (primary N) is 2. The third-order valence-corrected chi connectivity index (χ3v) is 6.44. The van der Waals surface area contributed by atoms with E-state index in [-0.39, 0.29) is 43.2 Å². The molecule has 0 spiro atoms. The van der Waals surface area contributed by atoms with Crippen molar-refractivity contribution in [3.05, 3.63) is 89.5 Å². The number of esters is 3. The second-order valence-corrected chi connectivity index (χ2v) is 10.5. The van der Waals surface area contributed by atoms with Gasteiger partial charge in [0, 0.05) is 29.6 Å². The standard InChI is InChI=1S/C34H36F3N3O8/c35-34(36,37)16-5-19-47-33(44)40-28-11-9-24(10-12-28)32(43)48-29-13-6-23(7-14-29)8-15-30(41)45-17-3-1-2-4-18-46-31(42)25-20-26(38)22-27(39)21-25/h6-15,20-22H,1-5,16-19,38-39H2,(H,40,44)/b15-8+. The normalized spacial score (nSPS) is 11.1. The lowest BCUT2D eigenvalue weighted by Crippen LogP contribution is -2.16. The summed E-state index contributed by atoms with van der Waals surface area (Å²) in [7, 11) is 0. The lowest BCUT2D eigenvalue weighted by Gasteiger charge is -2.09. The molecule has 0 bridgehead atoms. The lowest BCUT2D eigenvalue weighted by atomic mass is 10.2. The average Bonchev–Trinajstić information content (AvgIpc) is 3.03. The van der Waals surface area contributed by atoms with Crippen molar-refractivity contribution < 1.29 is 51.3 Å². The van der Waals surface area contributed by atoms with Gasteiger partial charge in [-0.25, -0.2) is 19.2 Å². The first kappa shape index (κ1) is 36.9. The molecule has 3 aromatic rings. The predicted molar refractivity (Wildman–Crippen MR) is 172 cm³/mol. The minimum absolute atomic E-state index is 0.189. The van der Waals surface area contributed by atoms with Crippen molar-refractivity contribution in [2.75, 3.05) is 36.6 Å². The van der Waals surface area contributed by atoms with E-state index in [1.807, 2.05) is 0 Å². The molecule has 0 unspecified atom stereocenters. The fourth-order valence-corrected chi connectivity index (χ4v) is 4.08. The number of hydrogen-bond donors (Lipinski definition) is 3. The van der Waals surface area contributed by atoms with E-state index in [2.05, 4.69) is 5.32 Å². The number of anilines is 3. The van der Waals surface area contributed by atoms with Gasteiger partial charge in [-0.1, -0.05) is 12.1 Å². The number of carbonyl (C=O) groups is 4. The van der Waals surface area contributed by atoms with Crippen LogP contribution in [-0.4, -0.2) is 50.0 Å². The topological polar surface area (TPSA) is 169 Å². The molecule has 0 fully saturated rings. The van der Waals surface area contributed by atoms with Crippen LogP contribution in [0.3, 0.4) is 0 Å². The maximum absolute atomic E-state index is 12.5.